The van der Waals surface area contributed by atoms with E-state index in [1.807, 2.05) is 0 Å². The van der Waals surface area contributed by atoms with Gasteiger partial charge in [-0.05, 0) is 48.5 Å². The van der Waals surface area contributed by atoms with Crippen molar-refractivity contribution in [2.24, 2.45) is 0 Å². The fourth-order valence-electron chi connectivity index (χ4n) is 1.83. The molecule has 0 aromatic heterocycles. The molecule has 2 rings (SSSR count). The molecule has 0 saturated carbocycles. The van der Waals surface area contributed by atoms with E-state index in [1.165, 1.54) is 29.2 Å². The van der Waals surface area contributed by atoms with Crippen LogP contribution in [0, 0.1) is 5.82 Å². The molecule has 0 aliphatic carbocycles. The molecule has 4 nitrogen and oxygen atoms in total. The second-order valence-corrected chi connectivity index (χ2v) is 5.64. The van der Waals surface area contributed by atoms with Crippen LogP contribution in [0.3, 0.4) is 0 Å². The van der Waals surface area contributed by atoms with E-state index in [0.29, 0.717) is 11.3 Å². The van der Waals surface area contributed by atoms with Gasteiger partial charge in [0.25, 0.3) is 5.91 Å². The van der Waals surface area contributed by atoms with Crippen LogP contribution >= 0.6 is 15.9 Å². The van der Waals surface area contributed by atoms with Crippen LogP contribution < -0.4 is 5.32 Å². The fraction of sp³-hybridized carbons (Fsp3) is 0.125. The van der Waals surface area contributed by atoms with Gasteiger partial charge in [-0.3, -0.25) is 9.59 Å². The Labute approximate surface area is 136 Å². The molecule has 2 aromatic carbocycles. The molecule has 0 unspecified atom stereocenters. The highest BCUT2D eigenvalue weighted by Crippen LogP contribution is 2.12. The Hall–Kier alpha value is -2.21. The van der Waals surface area contributed by atoms with E-state index in [0.717, 1.165) is 4.47 Å². The lowest BCUT2D eigenvalue weighted by Crippen LogP contribution is -2.34. The molecule has 6 heteroatoms. The number of amides is 2. The summed E-state index contributed by atoms with van der Waals surface area (Å²) in [5, 5.41) is 2.61. The summed E-state index contributed by atoms with van der Waals surface area (Å²) in [5.41, 5.74) is 0.983. The molecule has 0 spiro atoms. The number of hydrogen-bond acceptors (Lipinski definition) is 2. The van der Waals surface area contributed by atoms with Crippen LogP contribution in [0.2, 0.25) is 0 Å². The molecule has 0 fully saturated rings. The average Bonchev–Trinajstić information content (AvgIpc) is 2.49. The fourth-order valence-corrected chi connectivity index (χ4v) is 2.10. The zero-order chi connectivity index (χ0) is 16.1. The number of nitrogens with one attached hydrogen (secondary N) is 1. The SMILES string of the molecule is CN(CC(=O)Nc1ccc(F)cc1)C(=O)c1ccc(Br)cc1. The van der Waals surface area contributed by atoms with Crippen molar-refractivity contribution >= 4 is 33.4 Å². The molecule has 2 aromatic rings. The maximum Gasteiger partial charge on any atom is 0.254 e. The molecular weight excluding hydrogens is 351 g/mol. The summed E-state index contributed by atoms with van der Waals surface area (Å²) >= 11 is 3.30. The third-order valence-corrected chi connectivity index (χ3v) is 3.48. The molecule has 0 saturated heterocycles. The number of likely N-dealkylation sites (N-methyl/N-ethyl adjacent to an activating group) is 1. The van der Waals surface area contributed by atoms with Crippen molar-refractivity contribution in [3.63, 3.8) is 0 Å². The molecule has 114 valence electrons. The van der Waals surface area contributed by atoms with Crippen LogP contribution in [0.4, 0.5) is 10.1 Å². The smallest absolute Gasteiger partial charge is 0.254 e. The first-order valence-corrected chi connectivity index (χ1v) is 7.31. The molecule has 0 aliphatic heterocycles. The van der Waals surface area contributed by atoms with Gasteiger partial charge in [-0.25, -0.2) is 4.39 Å². The number of nitrogens with zero attached hydrogens (tertiary/aromatic N) is 1. The molecule has 0 bridgehead atoms. The summed E-state index contributed by atoms with van der Waals surface area (Å²) < 4.78 is 13.7. The monoisotopic (exact) mass is 364 g/mol. The minimum absolute atomic E-state index is 0.0910. The van der Waals surface area contributed by atoms with Gasteiger partial charge in [-0.1, -0.05) is 15.9 Å². The van der Waals surface area contributed by atoms with E-state index < -0.39 is 0 Å². The van der Waals surface area contributed by atoms with Crippen molar-refractivity contribution in [3.8, 4) is 0 Å². The van der Waals surface area contributed by atoms with Gasteiger partial charge in [-0.15, -0.1) is 0 Å². The normalized spacial score (nSPS) is 10.1. The topological polar surface area (TPSA) is 49.4 Å². The van der Waals surface area contributed by atoms with E-state index in [4.69, 9.17) is 0 Å². The Bertz CT molecular complexity index is 672. The number of benzene rings is 2. The molecule has 2 amide bonds. The molecular formula is C16H14BrFN2O2. The van der Waals surface area contributed by atoms with E-state index in [2.05, 4.69) is 21.2 Å². The summed E-state index contributed by atoms with van der Waals surface area (Å²) in [5.74, 6) is -0.971. The van der Waals surface area contributed by atoms with E-state index in [1.54, 1.807) is 31.3 Å². The number of rotatable bonds is 4. The summed E-state index contributed by atoms with van der Waals surface area (Å²) in [4.78, 5) is 25.4. The first kappa shape index (κ1) is 16.2. The maximum atomic E-state index is 12.8. The number of carbonyl (C=O) groups excluding carboxylic acids is 2. The van der Waals surface area contributed by atoms with E-state index in [-0.39, 0.29) is 24.2 Å². The molecule has 0 aliphatic rings. The number of anilines is 1. The van der Waals surface area contributed by atoms with Crippen LogP contribution in [0.1, 0.15) is 10.4 Å². The highest BCUT2D eigenvalue weighted by Gasteiger charge is 2.15. The van der Waals surface area contributed by atoms with E-state index >= 15 is 0 Å². The Morgan fingerprint density at radius 3 is 2.27 bits per heavy atom. The van der Waals surface area contributed by atoms with Gasteiger partial charge in [0.2, 0.25) is 5.91 Å². The van der Waals surface area contributed by atoms with Crippen molar-refractivity contribution in [3.05, 3.63) is 64.4 Å². The Balaban J connectivity index is 1.94. The average molecular weight is 365 g/mol. The lowest BCUT2D eigenvalue weighted by molar-refractivity contribution is -0.116. The predicted octanol–water partition coefficient (Wildman–Crippen LogP) is 3.30. The van der Waals surface area contributed by atoms with Gasteiger partial charge in [0.05, 0.1) is 6.54 Å². The van der Waals surface area contributed by atoms with Crippen molar-refractivity contribution in [2.75, 3.05) is 18.9 Å². The second kappa shape index (κ2) is 7.17. The Kier molecular flexibility index (Phi) is 5.27. The van der Waals surface area contributed by atoms with E-state index in [9.17, 15) is 14.0 Å². The number of halogens is 2. The van der Waals surface area contributed by atoms with Crippen LogP contribution in [0.5, 0.6) is 0 Å². The molecule has 1 N–H and O–H groups in total. The molecule has 0 radical (unpaired) electrons. The first-order chi connectivity index (χ1) is 10.5. The minimum Gasteiger partial charge on any atom is -0.332 e. The first-order valence-electron chi connectivity index (χ1n) is 6.52. The predicted molar refractivity (Wildman–Crippen MR) is 86.1 cm³/mol. The zero-order valence-electron chi connectivity index (χ0n) is 11.8. The molecule has 0 atom stereocenters. The summed E-state index contributed by atoms with van der Waals surface area (Å²) in [7, 11) is 1.55. The van der Waals surface area contributed by atoms with Crippen molar-refractivity contribution in [1.29, 1.82) is 0 Å². The van der Waals surface area contributed by atoms with Crippen LogP contribution in [0.15, 0.2) is 53.0 Å². The Morgan fingerprint density at radius 2 is 1.68 bits per heavy atom. The maximum absolute atomic E-state index is 12.8. The summed E-state index contributed by atoms with van der Waals surface area (Å²) in [6.07, 6.45) is 0. The lowest BCUT2D eigenvalue weighted by Gasteiger charge is -2.17. The quantitative estimate of drug-likeness (QED) is 0.904. The van der Waals surface area contributed by atoms with Crippen molar-refractivity contribution in [1.82, 2.24) is 4.90 Å². The van der Waals surface area contributed by atoms with Gasteiger partial charge in [-0.2, -0.15) is 0 Å². The minimum atomic E-state index is -0.375. The third kappa shape index (κ3) is 4.39. The van der Waals surface area contributed by atoms with Gasteiger partial charge >= 0.3 is 0 Å². The van der Waals surface area contributed by atoms with Gasteiger partial charge in [0, 0.05) is 22.8 Å². The van der Waals surface area contributed by atoms with Crippen LogP contribution in [-0.2, 0) is 4.79 Å². The number of hydrogen-bond donors (Lipinski definition) is 1. The van der Waals surface area contributed by atoms with Crippen molar-refractivity contribution < 1.29 is 14.0 Å². The third-order valence-electron chi connectivity index (χ3n) is 2.95. The largest absolute Gasteiger partial charge is 0.332 e. The summed E-state index contributed by atoms with van der Waals surface area (Å²) in [6.45, 7) is -0.0910. The summed E-state index contributed by atoms with van der Waals surface area (Å²) in [6, 6.07) is 12.3. The van der Waals surface area contributed by atoms with Gasteiger partial charge in [0.15, 0.2) is 0 Å². The highest BCUT2D eigenvalue weighted by atomic mass is 79.9. The van der Waals surface area contributed by atoms with Gasteiger partial charge < -0.3 is 10.2 Å². The Morgan fingerprint density at radius 1 is 1.09 bits per heavy atom. The lowest BCUT2D eigenvalue weighted by atomic mass is 10.2. The van der Waals surface area contributed by atoms with Crippen LogP contribution in [0.25, 0.3) is 0 Å². The molecule has 0 heterocycles. The standard InChI is InChI=1S/C16H14BrFN2O2/c1-20(16(22)11-2-4-12(17)5-3-11)10-15(21)19-14-8-6-13(18)7-9-14/h2-9H,10H2,1H3,(H,19,21). The van der Waals surface area contributed by atoms with Crippen LogP contribution in [-0.4, -0.2) is 30.3 Å². The van der Waals surface area contributed by atoms with Crippen molar-refractivity contribution in [2.45, 2.75) is 0 Å². The van der Waals surface area contributed by atoms with Gasteiger partial charge in [0.1, 0.15) is 5.82 Å². The highest BCUT2D eigenvalue weighted by molar-refractivity contribution is 9.10. The molecule has 22 heavy (non-hydrogen) atoms. The zero-order valence-corrected chi connectivity index (χ0v) is 13.4. The second-order valence-electron chi connectivity index (χ2n) is 4.72. The number of carbonyl (C=O) groups is 2.